The molecule has 0 radical (unpaired) electrons. The summed E-state index contributed by atoms with van der Waals surface area (Å²) in [6.45, 7) is 0.991. The van der Waals surface area contributed by atoms with Crippen LogP contribution in [0.1, 0.15) is 45.4 Å². The summed E-state index contributed by atoms with van der Waals surface area (Å²) >= 11 is 0. The first-order chi connectivity index (χ1) is 6.05. The third kappa shape index (κ3) is 2.48. The summed E-state index contributed by atoms with van der Waals surface area (Å²) in [6, 6.07) is 0. The summed E-state index contributed by atoms with van der Waals surface area (Å²) < 4.78 is 26.5. The highest BCUT2D eigenvalue weighted by atomic mass is 19.3. The van der Waals surface area contributed by atoms with Gasteiger partial charge >= 0.3 is 5.92 Å². The van der Waals surface area contributed by atoms with E-state index in [9.17, 15) is 13.6 Å². The van der Waals surface area contributed by atoms with Gasteiger partial charge in [-0.2, -0.15) is 8.78 Å². The standard InChI is InChI=1S/C10H16F2O/c1-8(13)10(11,12)9-6-4-2-3-5-7-9/h9H,2-7H2,1H3. The second-order valence-corrected chi connectivity index (χ2v) is 3.87. The smallest absolute Gasteiger partial charge is 0.293 e. The Kier molecular flexibility index (Phi) is 3.40. The summed E-state index contributed by atoms with van der Waals surface area (Å²) in [6.07, 6.45) is 4.76. The molecule has 0 amide bonds. The molecule has 0 aromatic carbocycles. The average molecular weight is 190 g/mol. The van der Waals surface area contributed by atoms with Crippen LogP contribution in [0.25, 0.3) is 0 Å². The van der Waals surface area contributed by atoms with Crippen LogP contribution in [0, 0.1) is 5.92 Å². The zero-order valence-corrected chi connectivity index (χ0v) is 7.98. The van der Waals surface area contributed by atoms with Gasteiger partial charge < -0.3 is 0 Å². The summed E-state index contributed by atoms with van der Waals surface area (Å²) in [4.78, 5) is 10.7. The SMILES string of the molecule is CC(=O)C(F)(F)C1CCCCCC1. The molecule has 13 heavy (non-hydrogen) atoms. The molecule has 0 spiro atoms. The van der Waals surface area contributed by atoms with Crippen molar-refractivity contribution in [3.05, 3.63) is 0 Å². The Hall–Kier alpha value is -0.470. The molecule has 1 aliphatic carbocycles. The summed E-state index contributed by atoms with van der Waals surface area (Å²) in [7, 11) is 0. The predicted octanol–water partition coefficient (Wildman–Crippen LogP) is 3.18. The van der Waals surface area contributed by atoms with E-state index >= 15 is 0 Å². The maximum Gasteiger partial charge on any atom is 0.307 e. The molecule has 1 aliphatic rings. The van der Waals surface area contributed by atoms with E-state index in [0.717, 1.165) is 32.6 Å². The lowest BCUT2D eigenvalue weighted by molar-refractivity contribution is -0.149. The van der Waals surface area contributed by atoms with Crippen LogP contribution in [0.2, 0.25) is 0 Å². The van der Waals surface area contributed by atoms with Gasteiger partial charge in [0.15, 0.2) is 5.78 Å². The molecule has 0 atom stereocenters. The molecule has 1 fully saturated rings. The molecule has 1 rings (SSSR count). The van der Waals surface area contributed by atoms with Crippen molar-refractivity contribution in [1.29, 1.82) is 0 Å². The van der Waals surface area contributed by atoms with Gasteiger partial charge in [-0.3, -0.25) is 4.79 Å². The fraction of sp³-hybridized carbons (Fsp3) is 0.900. The third-order valence-electron chi connectivity index (χ3n) is 2.84. The molecule has 0 heterocycles. The molecular weight excluding hydrogens is 174 g/mol. The largest absolute Gasteiger partial charge is 0.307 e. The van der Waals surface area contributed by atoms with Crippen LogP contribution in [0.4, 0.5) is 8.78 Å². The van der Waals surface area contributed by atoms with E-state index in [4.69, 9.17) is 0 Å². The van der Waals surface area contributed by atoms with Crippen LogP contribution in [-0.4, -0.2) is 11.7 Å². The van der Waals surface area contributed by atoms with Crippen molar-refractivity contribution in [2.24, 2.45) is 5.92 Å². The van der Waals surface area contributed by atoms with Gasteiger partial charge in [0.1, 0.15) is 0 Å². The van der Waals surface area contributed by atoms with Crippen molar-refractivity contribution >= 4 is 5.78 Å². The minimum atomic E-state index is -3.08. The number of alkyl halides is 2. The van der Waals surface area contributed by atoms with Gasteiger partial charge in [-0.05, 0) is 12.8 Å². The number of ketones is 1. The summed E-state index contributed by atoms with van der Waals surface area (Å²) in [5.74, 6) is -4.75. The lowest BCUT2D eigenvalue weighted by Crippen LogP contribution is -2.35. The summed E-state index contributed by atoms with van der Waals surface area (Å²) in [5, 5.41) is 0. The number of hydrogen-bond donors (Lipinski definition) is 0. The van der Waals surface area contributed by atoms with Crippen molar-refractivity contribution in [3.63, 3.8) is 0 Å². The van der Waals surface area contributed by atoms with Crippen LogP contribution in [0.3, 0.4) is 0 Å². The minimum Gasteiger partial charge on any atom is -0.293 e. The molecule has 0 aromatic rings. The summed E-state index contributed by atoms with van der Waals surface area (Å²) in [5.41, 5.74) is 0. The fourth-order valence-corrected chi connectivity index (χ4v) is 1.93. The molecule has 1 saturated carbocycles. The zero-order chi connectivity index (χ0) is 9.90. The van der Waals surface area contributed by atoms with Crippen molar-refractivity contribution < 1.29 is 13.6 Å². The number of carbonyl (C=O) groups excluding carboxylic acids is 1. The maximum absolute atomic E-state index is 13.3. The first-order valence-electron chi connectivity index (χ1n) is 4.94. The van der Waals surface area contributed by atoms with Crippen LogP contribution in [0.15, 0.2) is 0 Å². The van der Waals surface area contributed by atoms with Gasteiger partial charge in [0.05, 0.1) is 0 Å². The minimum absolute atomic E-state index is 0.507. The third-order valence-corrected chi connectivity index (χ3v) is 2.84. The highest BCUT2D eigenvalue weighted by molar-refractivity contribution is 5.83. The molecular formula is C10H16F2O. The van der Waals surface area contributed by atoms with Gasteiger partial charge in [-0.1, -0.05) is 25.7 Å². The van der Waals surface area contributed by atoms with Gasteiger partial charge in [0, 0.05) is 12.8 Å². The van der Waals surface area contributed by atoms with Gasteiger partial charge in [-0.25, -0.2) is 0 Å². The Morgan fingerprint density at radius 1 is 1.15 bits per heavy atom. The highest BCUT2D eigenvalue weighted by Crippen LogP contribution is 2.36. The number of hydrogen-bond acceptors (Lipinski definition) is 1. The number of rotatable bonds is 2. The van der Waals surface area contributed by atoms with Crippen LogP contribution in [-0.2, 0) is 4.79 Å². The van der Waals surface area contributed by atoms with E-state index in [-0.39, 0.29) is 0 Å². The van der Waals surface area contributed by atoms with Crippen molar-refractivity contribution in [2.75, 3.05) is 0 Å². The fourth-order valence-electron chi connectivity index (χ4n) is 1.93. The molecule has 1 nitrogen and oxygen atoms in total. The highest BCUT2D eigenvalue weighted by Gasteiger charge is 2.43. The molecule has 0 aliphatic heterocycles. The van der Waals surface area contributed by atoms with Crippen LogP contribution < -0.4 is 0 Å². The van der Waals surface area contributed by atoms with Gasteiger partial charge in [0.25, 0.3) is 0 Å². The van der Waals surface area contributed by atoms with Crippen LogP contribution >= 0.6 is 0 Å². The molecule has 76 valence electrons. The van der Waals surface area contributed by atoms with Crippen LogP contribution in [0.5, 0.6) is 0 Å². The van der Waals surface area contributed by atoms with E-state index in [2.05, 4.69) is 0 Å². The van der Waals surface area contributed by atoms with Gasteiger partial charge in [-0.15, -0.1) is 0 Å². The van der Waals surface area contributed by atoms with E-state index in [0.29, 0.717) is 12.8 Å². The number of Topliss-reactive ketones (excluding diaryl/α,β-unsaturated/α-hetero) is 1. The Labute approximate surface area is 77.5 Å². The Bertz CT molecular complexity index is 181. The first kappa shape index (κ1) is 10.6. The molecule has 0 bridgehead atoms. The molecule has 0 saturated heterocycles. The molecule has 0 aromatic heterocycles. The predicted molar refractivity (Wildman–Crippen MR) is 46.8 cm³/mol. The van der Waals surface area contributed by atoms with Crippen molar-refractivity contribution in [2.45, 2.75) is 51.4 Å². The average Bonchev–Trinajstić information content (AvgIpc) is 2.31. The lowest BCUT2D eigenvalue weighted by atomic mass is 9.91. The number of carbonyl (C=O) groups is 1. The quantitative estimate of drug-likeness (QED) is 0.611. The second-order valence-electron chi connectivity index (χ2n) is 3.87. The van der Waals surface area contributed by atoms with Gasteiger partial charge in [0.2, 0.25) is 0 Å². The zero-order valence-electron chi connectivity index (χ0n) is 7.98. The normalized spacial score (nSPS) is 21.2. The van der Waals surface area contributed by atoms with E-state index in [1.807, 2.05) is 0 Å². The first-order valence-corrected chi connectivity index (χ1v) is 4.94. The van der Waals surface area contributed by atoms with E-state index in [1.54, 1.807) is 0 Å². The molecule has 0 N–H and O–H groups in total. The Morgan fingerprint density at radius 2 is 1.62 bits per heavy atom. The lowest BCUT2D eigenvalue weighted by Gasteiger charge is -2.22. The van der Waals surface area contributed by atoms with E-state index < -0.39 is 17.6 Å². The van der Waals surface area contributed by atoms with Crippen molar-refractivity contribution in [3.8, 4) is 0 Å². The molecule has 3 heteroatoms. The topological polar surface area (TPSA) is 17.1 Å². The molecule has 0 unspecified atom stereocenters. The Morgan fingerprint density at radius 3 is 2.00 bits per heavy atom. The maximum atomic E-state index is 13.3. The number of halogens is 2. The monoisotopic (exact) mass is 190 g/mol. The Balaban J connectivity index is 2.62. The van der Waals surface area contributed by atoms with Crippen molar-refractivity contribution in [1.82, 2.24) is 0 Å². The second kappa shape index (κ2) is 4.16. The van der Waals surface area contributed by atoms with E-state index in [1.165, 1.54) is 0 Å².